The number of ether oxygens (including phenoxy) is 1. The van der Waals surface area contributed by atoms with Gasteiger partial charge in [-0.3, -0.25) is 4.79 Å². The van der Waals surface area contributed by atoms with E-state index in [1.807, 2.05) is 0 Å². The van der Waals surface area contributed by atoms with E-state index in [-0.39, 0.29) is 12.2 Å². The molecule has 3 N–H and O–H groups in total. The summed E-state index contributed by atoms with van der Waals surface area (Å²) in [4.78, 5) is 11.9. The molecule has 112 valence electrons. The van der Waals surface area contributed by atoms with Gasteiger partial charge in [-0.1, -0.05) is 6.07 Å². The number of amides is 1. The lowest BCUT2D eigenvalue weighted by Crippen LogP contribution is -2.39. The lowest BCUT2D eigenvalue weighted by atomic mass is 10.1. The fourth-order valence-electron chi connectivity index (χ4n) is 1.43. The summed E-state index contributed by atoms with van der Waals surface area (Å²) in [7, 11) is 1.31. The van der Waals surface area contributed by atoms with Crippen molar-refractivity contribution < 1.29 is 22.7 Å². The summed E-state index contributed by atoms with van der Waals surface area (Å²) < 4.78 is 43.8. The van der Waals surface area contributed by atoms with Crippen LogP contribution in [-0.2, 0) is 22.3 Å². The number of nitrogens with two attached hydrogens (primary N) is 1. The Bertz CT molecular complexity index is 499. The molecule has 0 radical (unpaired) electrons. The number of methoxy groups -OCH3 is 1. The molecule has 0 aliphatic rings. The van der Waals surface area contributed by atoms with Gasteiger partial charge < -0.3 is 15.8 Å². The average molecular weight is 290 g/mol. The second-order valence-corrected chi connectivity index (χ2v) is 4.75. The number of carbonyl (C=O) groups is 1. The zero-order chi connectivity index (χ0) is 15.6. The predicted octanol–water partition coefficient (Wildman–Crippen LogP) is 2.53. The van der Waals surface area contributed by atoms with Crippen LogP contribution in [0.15, 0.2) is 18.2 Å². The van der Waals surface area contributed by atoms with E-state index in [1.165, 1.54) is 33.1 Å². The second kappa shape index (κ2) is 5.80. The molecule has 7 heteroatoms. The third kappa shape index (κ3) is 3.71. The minimum atomic E-state index is -4.58. The Morgan fingerprint density at radius 2 is 1.95 bits per heavy atom. The van der Waals surface area contributed by atoms with Crippen LogP contribution < -0.4 is 11.1 Å². The first-order valence-corrected chi connectivity index (χ1v) is 5.88. The highest BCUT2D eigenvalue weighted by molar-refractivity contribution is 5.97. The number of carbonyl (C=O) groups excluding carboxylic acids is 1. The normalized spacial score (nSPS) is 12.3. The largest absolute Gasteiger partial charge is 0.418 e. The van der Waals surface area contributed by atoms with Crippen molar-refractivity contribution >= 4 is 11.6 Å². The number of nitrogens with one attached hydrogen (secondary N) is 1. The molecule has 0 spiro atoms. The van der Waals surface area contributed by atoms with E-state index >= 15 is 0 Å². The van der Waals surface area contributed by atoms with Crippen LogP contribution in [0.4, 0.5) is 18.9 Å². The van der Waals surface area contributed by atoms with Gasteiger partial charge in [0.15, 0.2) is 0 Å². The van der Waals surface area contributed by atoms with Crippen molar-refractivity contribution in [1.82, 2.24) is 0 Å². The first-order chi connectivity index (χ1) is 9.11. The molecule has 20 heavy (non-hydrogen) atoms. The third-order valence-electron chi connectivity index (χ3n) is 2.93. The van der Waals surface area contributed by atoms with Crippen molar-refractivity contribution in [3.63, 3.8) is 0 Å². The number of halogens is 3. The topological polar surface area (TPSA) is 64.3 Å². The lowest BCUT2D eigenvalue weighted by molar-refractivity contribution is -0.137. The summed E-state index contributed by atoms with van der Waals surface area (Å²) in [5.41, 5.74) is 3.19. The second-order valence-electron chi connectivity index (χ2n) is 4.75. The Balaban J connectivity index is 3.16. The summed E-state index contributed by atoms with van der Waals surface area (Å²) in [6.07, 6.45) is -4.58. The van der Waals surface area contributed by atoms with Crippen molar-refractivity contribution in [3.05, 3.63) is 29.3 Å². The molecule has 0 aromatic heterocycles. The Labute approximate surface area is 115 Å². The van der Waals surface area contributed by atoms with E-state index < -0.39 is 23.2 Å². The van der Waals surface area contributed by atoms with Crippen LogP contribution in [0.5, 0.6) is 0 Å². The van der Waals surface area contributed by atoms with Crippen LogP contribution in [0.3, 0.4) is 0 Å². The molecule has 0 fully saturated rings. The van der Waals surface area contributed by atoms with Gasteiger partial charge in [0.2, 0.25) is 0 Å². The standard InChI is InChI=1S/C13H17F3N2O2/c1-12(2,20-3)11(19)18-10-5-4-8(7-17)6-9(10)13(14,15)16/h4-6H,7,17H2,1-3H3,(H,18,19). The number of anilines is 1. The number of hydrogen-bond donors (Lipinski definition) is 2. The van der Waals surface area contributed by atoms with E-state index in [0.717, 1.165) is 6.07 Å². The van der Waals surface area contributed by atoms with Crippen LogP contribution in [0, 0.1) is 0 Å². The molecule has 0 saturated heterocycles. The van der Waals surface area contributed by atoms with Crippen molar-refractivity contribution in [1.29, 1.82) is 0 Å². The van der Waals surface area contributed by atoms with E-state index in [0.29, 0.717) is 5.56 Å². The molecule has 4 nitrogen and oxygen atoms in total. The van der Waals surface area contributed by atoms with Gasteiger partial charge in [0.25, 0.3) is 5.91 Å². The molecule has 0 aliphatic carbocycles. The predicted molar refractivity (Wildman–Crippen MR) is 69.1 cm³/mol. The van der Waals surface area contributed by atoms with Gasteiger partial charge in [-0.2, -0.15) is 13.2 Å². The maximum Gasteiger partial charge on any atom is 0.418 e. The van der Waals surface area contributed by atoms with Crippen LogP contribution in [0.1, 0.15) is 25.0 Å². The molecule has 0 unspecified atom stereocenters. The molecule has 0 aliphatic heterocycles. The van der Waals surface area contributed by atoms with Crippen molar-refractivity contribution in [2.45, 2.75) is 32.2 Å². The summed E-state index contributed by atoms with van der Waals surface area (Å²) in [6, 6.07) is 3.55. The maximum atomic E-state index is 13.0. The minimum Gasteiger partial charge on any atom is -0.369 e. The summed E-state index contributed by atoms with van der Waals surface area (Å²) >= 11 is 0. The highest BCUT2D eigenvalue weighted by atomic mass is 19.4. The number of rotatable bonds is 4. The lowest BCUT2D eigenvalue weighted by Gasteiger charge is -2.23. The Morgan fingerprint density at radius 3 is 2.40 bits per heavy atom. The number of benzene rings is 1. The smallest absolute Gasteiger partial charge is 0.369 e. The molecule has 1 aromatic rings. The van der Waals surface area contributed by atoms with Gasteiger partial charge in [-0.15, -0.1) is 0 Å². The number of hydrogen-bond acceptors (Lipinski definition) is 3. The van der Waals surface area contributed by atoms with Crippen LogP contribution in [-0.4, -0.2) is 18.6 Å². The maximum absolute atomic E-state index is 13.0. The first-order valence-electron chi connectivity index (χ1n) is 5.88. The molecule has 0 saturated carbocycles. The number of alkyl halides is 3. The molecule has 0 bridgehead atoms. The van der Waals surface area contributed by atoms with Crippen LogP contribution in [0.2, 0.25) is 0 Å². The molecular weight excluding hydrogens is 273 g/mol. The molecule has 1 aromatic carbocycles. The van der Waals surface area contributed by atoms with Crippen molar-refractivity contribution in [3.8, 4) is 0 Å². The highest BCUT2D eigenvalue weighted by Crippen LogP contribution is 2.35. The summed E-state index contributed by atoms with van der Waals surface area (Å²) in [6.45, 7) is 2.91. The minimum absolute atomic E-state index is 0.0130. The van der Waals surface area contributed by atoms with Gasteiger partial charge in [-0.25, -0.2) is 0 Å². The fourth-order valence-corrected chi connectivity index (χ4v) is 1.43. The fraction of sp³-hybridized carbons (Fsp3) is 0.462. The van der Waals surface area contributed by atoms with Gasteiger partial charge >= 0.3 is 6.18 Å². The summed E-state index contributed by atoms with van der Waals surface area (Å²) in [5.74, 6) is -0.661. The van der Waals surface area contributed by atoms with Gasteiger partial charge in [0, 0.05) is 13.7 Å². The highest BCUT2D eigenvalue weighted by Gasteiger charge is 2.35. The zero-order valence-electron chi connectivity index (χ0n) is 11.5. The molecule has 0 heterocycles. The SMILES string of the molecule is COC(C)(C)C(=O)Nc1ccc(CN)cc1C(F)(F)F. The molecule has 0 atom stereocenters. The Kier molecular flexibility index (Phi) is 4.77. The molecule has 1 rings (SSSR count). The average Bonchev–Trinajstić information content (AvgIpc) is 2.37. The monoisotopic (exact) mass is 290 g/mol. The van der Waals surface area contributed by atoms with Gasteiger partial charge in [-0.05, 0) is 31.5 Å². The van der Waals surface area contributed by atoms with Crippen molar-refractivity contribution in [2.75, 3.05) is 12.4 Å². The molecule has 1 amide bonds. The van der Waals surface area contributed by atoms with E-state index in [9.17, 15) is 18.0 Å². The Morgan fingerprint density at radius 1 is 1.35 bits per heavy atom. The van der Waals surface area contributed by atoms with E-state index in [2.05, 4.69) is 5.32 Å². The zero-order valence-corrected chi connectivity index (χ0v) is 11.5. The van der Waals surface area contributed by atoms with Crippen molar-refractivity contribution in [2.24, 2.45) is 5.73 Å². The molecular formula is C13H17F3N2O2. The van der Waals surface area contributed by atoms with E-state index in [1.54, 1.807) is 0 Å². The third-order valence-corrected chi connectivity index (χ3v) is 2.93. The van der Waals surface area contributed by atoms with Gasteiger partial charge in [0.1, 0.15) is 5.60 Å². The quantitative estimate of drug-likeness (QED) is 0.895. The first kappa shape index (κ1) is 16.5. The summed E-state index contributed by atoms with van der Waals surface area (Å²) in [5, 5.41) is 2.23. The van der Waals surface area contributed by atoms with Crippen LogP contribution >= 0.6 is 0 Å². The van der Waals surface area contributed by atoms with Gasteiger partial charge in [0.05, 0.1) is 11.3 Å². The van der Waals surface area contributed by atoms with Crippen LogP contribution in [0.25, 0.3) is 0 Å². The van der Waals surface area contributed by atoms with E-state index in [4.69, 9.17) is 10.5 Å². The Hall–Kier alpha value is -1.60.